The Bertz CT molecular complexity index is 1330. The lowest BCUT2D eigenvalue weighted by molar-refractivity contribution is 0.0753. The van der Waals surface area contributed by atoms with Crippen LogP contribution in [-0.2, 0) is 6.54 Å². The number of rotatable bonds is 9. The molecule has 1 N–H and O–H groups in total. The molecule has 212 valence electrons. The Morgan fingerprint density at radius 2 is 1.90 bits per heavy atom. The van der Waals surface area contributed by atoms with Crippen molar-refractivity contribution in [3.63, 3.8) is 0 Å². The summed E-state index contributed by atoms with van der Waals surface area (Å²) >= 11 is 1.44. The molecule has 2 heterocycles. The average Bonchev–Trinajstić information content (AvgIpc) is 3.04. The lowest BCUT2D eigenvalue weighted by atomic mass is 9.96. The zero-order valence-electron chi connectivity index (χ0n) is 23.7. The van der Waals surface area contributed by atoms with E-state index in [0.29, 0.717) is 48.5 Å². The van der Waals surface area contributed by atoms with E-state index in [9.17, 15) is 14.7 Å². The van der Waals surface area contributed by atoms with Crippen LogP contribution in [0.4, 0.5) is 10.6 Å². The summed E-state index contributed by atoms with van der Waals surface area (Å²) in [6, 6.07) is 17.3. The smallest absolute Gasteiger partial charge is 0.407 e. The number of fused-ring (bicyclic) bond motifs is 1. The minimum absolute atomic E-state index is 0.111. The first-order chi connectivity index (χ1) is 19.0. The maximum absolute atomic E-state index is 13.5. The number of carbonyl (C=O) groups is 2. The number of amides is 2. The van der Waals surface area contributed by atoms with Crippen molar-refractivity contribution < 1.29 is 19.4 Å². The van der Waals surface area contributed by atoms with Crippen molar-refractivity contribution in [3.05, 3.63) is 77.5 Å². The van der Waals surface area contributed by atoms with Crippen LogP contribution < -0.4 is 9.64 Å². The van der Waals surface area contributed by atoms with Gasteiger partial charge >= 0.3 is 6.09 Å². The molecule has 1 unspecified atom stereocenters. The van der Waals surface area contributed by atoms with Gasteiger partial charge in [-0.2, -0.15) is 0 Å². The van der Waals surface area contributed by atoms with Gasteiger partial charge in [-0.05, 0) is 34.9 Å². The van der Waals surface area contributed by atoms with Gasteiger partial charge in [-0.3, -0.25) is 4.79 Å². The second kappa shape index (κ2) is 12.6. The Kier molecular flexibility index (Phi) is 9.19. The van der Waals surface area contributed by atoms with E-state index < -0.39 is 12.2 Å². The van der Waals surface area contributed by atoms with Gasteiger partial charge in [-0.1, -0.05) is 75.0 Å². The van der Waals surface area contributed by atoms with Crippen LogP contribution in [0.5, 0.6) is 5.75 Å². The molecule has 2 aromatic carbocycles. The van der Waals surface area contributed by atoms with Crippen LogP contribution in [0.25, 0.3) is 0 Å². The second-order valence-electron chi connectivity index (χ2n) is 11.1. The molecule has 1 aromatic heterocycles. The summed E-state index contributed by atoms with van der Waals surface area (Å²) in [7, 11) is 1.94. The van der Waals surface area contributed by atoms with Gasteiger partial charge in [0.05, 0.1) is 6.54 Å². The molecule has 9 nitrogen and oxygen atoms in total. The molecule has 4 rings (SSSR count). The molecule has 1 atom stereocenters. The van der Waals surface area contributed by atoms with Crippen LogP contribution in [0.2, 0.25) is 0 Å². The summed E-state index contributed by atoms with van der Waals surface area (Å²) < 4.78 is 6.44. The first kappa shape index (κ1) is 29.2. The highest BCUT2D eigenvalue weighted by atomic mass is 32.2. The van der Waals surface area contributed by atoms with Crippen LogP contribution in [0.3, 0.4) is 0 Å². The van der Waals surface area contributed by atoms with E-state index in [1.807, 2.05) is 93.6 Å². The molecule has 0 radical (unpaired) electrons. The molecule has 0 spiro atoms. The number of hydrogen-bond acceptors (Lipinski definition) is 7. The average molecular weight is 564 g/mol. The molecule has 0 fully saturated rings. The van der Waals surface area contributed by atoms with E-state index >= 15 is 0 Å². The summed E-state index contributed by atoms with van der Waals surface area (Å²) in [6.07, 6.45) is 2.04. The van der Waals surface area contributed by atoms with Gasteiger partial charge in [-0.25, -0.2) is 14.8 Å². The van der Waals surface area contributed by atoms with Crippen LogP contribution in [0.1, 0.15) is 48.4 Å². The summed E-state index contributed by atoms with van der Waals surface area (Å²) in [5, 5.41) is 10.5. The van der Waals surface area contributed by atoms with Gasteiger partial charge in [0, 0.05) is 39.4 Å². The van der Waals surface area contributed by atoms with E-state index in [-0.39, 0.29) is 17.9 Å². The highest BCUT2D eigenvalue weighted by Crippen LogP contribution is 2.28. The molecule has 0 saturated heterocycles. The third kappa shape index (κ3) is 7.44. The normalized spacial score (nSPS) is 14.4. The number of likely N-dealkylation sites (N-methyl/N-ethyl adjacent to an activating group) is 1. The molecule has 40 heavy (non-hydrogen) atoms. The fourth-order valence-electron chi connectivity index (χ4n) is 4.66. The zero-order chi connectivity index (χ0) is 28.9. The second-order valence-corrected chi connectivity index (χ2v) is 11.9. The van der Waals surface area contributed by atoms with Gasteiger partial charge < -0.3 is 24.5 Å². The quantitative estimate of drug-likeness (QED) is 0.272. The molecular weight excluding hydrogens is 526 g/mol. The Morgan fingerprint density at radius 1 is 1.15 bits per heavy atom. The predicted molar refractivity (Wildman–Crippen MR) is 157 cm³/mol. The Balaban J connectivity index is 1.55. The van der Waals surface area contributed by atoms with Gasteiger partial charge in [-0.15, -0.1) is 0 Å². The lowest BCUT2D eigenvalue weighted by Crippen LogP contribution is -2.40. The van der Waals surface area contributed by atoms with Gasteiger partial charge in [0.2, 0.25) is 0 Å². The number of ether oxygens (including phenoxy) is 1. The standard InChI is InChI=1S/C30H37N5O4S/c1-30(2,3)20-35(29(37)38)19-25(22-11-7-6-8-12-22)39-23-13-9-10-21(16-23)18-34-15-14-33(4)26-24(27(34)36)17-31-28(32-26)40-5/h6-13,16-17,25H,14-15,18-20H2,1-5H3,(H,37,38). The summed E-state index contributed by atoms with van der Waals surface area (Å²) in [6.45, 7) is 8.19. The van der Waals surface area contributed by atoms with Crippen molar-refractivity contribution in [3.8, 4) is 5.75 Å². The van der Waals surface area contributed by atoms with Crippen molar-refractivity contribution in [2.45, 2.75) is 38.6 Å². The number of aromatic nitrogens is 2. The largest absolute Gasteiger partial charge is 0.484 e. The van der Waals surface area contributed by atoms with Gasteiger partial charge in [0.25, 0.3) is 5.91 Å². The monoisotopic (exact) mass is 563 g/mol. The first-order valence-electron chi connectivity index (χ1n) is 13.2. The van der Waals surface area contributed by atoms with E-state index in [0.717, 1.165) is 11.1 Å². The minimum Gasteiger partial charge on any atom is -0.484 e. The number of nitrogens with zero attached hydrogens (tertiary/aromatic N) is 5. The van der Waals surface area contributed by atoms with Crippen molar-refractivity contribution in [1.82, 2.24) is 19.8 Å². The number of benzene rings is 2. The number of carboxylic acid groups (broad SMARTS) is 1. The SMILES string of the molecule is CSc1ncc2c(n1)N(C)CCN(Cc1cccc(OC(CN(CC(C)(C)C)C(=O)O)c3ccccc3)c1)C2=O. The fraction of sp³-hybridized carbons (Fsp3) is 0.400. The number of thioether (sulfide) groups is 1. The molecular formula is C30H37N5O4S. The number of hydrogen-bond donors (Lipinski definition) is 1. The Hall–Kier alpha value is -3.79. The van der Waals surface area contributed by atoms with E-state index in [1.165, 1.54) is 16.7 Å². The highest BCUT2D eigenvalue weighted by Gasteiger charge is 2.28. The van der Waals surface area contributed by atoms with Gasteiger partial charge in [0.15, 0.2) is 5.16 Å². The van der Waals surface area contributed by atoms with Crippen LogP contribution in [0.15, 0.2) is 66.0 Å². The Morgan fingerprint density at radius 3 is 2.58 bits per heavy atom. The maximum Gasteiger partial charge on any atom is 0.407 e. The first-order valence-corrected chi connectivity index (χ1v) is 14.5. The lowest BCUT2D eigenvalue weighted by Gasteiger charge is -2.31. The number of carbonyl (C=O) groups excluding carboxylic acids is 1. The van der Waals surface area contributed by atoms with Crippen LogP contribution >= 0.6 is 11.8 Å². The topological polar surface area (TPSA) is 99.1 Å². The van der Waals surface area contributed by atoms with Crippen molar-refractivity contribution in [2.75, 3.05) is 44.4 Å². The molecule has 1 aliphatic rings. The molecule has 0 bridgehead atoms. The molecule has 2 amide bonds. The summed E-state index contributed by atoms with van der Waals surface area (Å²) in [5.41, 5.74) is 2.09. The van der Waals surface area contributed by atoms with Crippen molar-refractivity contribution in [1.29, 1.82) is 0 Å². The summed E-state index contributed by atoms with van der Waals surface area (Å²) in [4.78, 5) is 39.6. The van der Waals surface area contributed by atoms with Crippen molar-refractivity contribution in [2.24, 2.45) is 5.41 Å². The maximum atomic E-state index is 13.5. The number of anilines is 1. The minimum atomic E-state index is -0.980. The molecule has 3 aromatic rings. The van der Waals surface area contributed by atoms with Crippen LogP contribution in [0, 0.1) is 5.41 Å². The zero-order valence-corrected chi connectivity index (χ0v) is 24.5. The molecule has 10 heteroatoms. The van der Waals surface area contributed by atoms with E-state index in [2.05, 4.69) is 9.97 Å². The third-order valence-corrected chi connectivity index (χ3v) is 7.12. The third-order valence-electron chi connectivity index (χ3n) is 6.56. The Labute approximate surface area is 240 Å². The van der Waals surface area contributed by atoms with E-state index in [1.54, 1.807) is 11.1 Å². The van der Waals surface area contributed by atoms with Crippen LogP contribution in [-0.4, -0.2) is 76.4 Å². The highest BCUT2D eigenvalue weighted by molar-refractivity contribution is 7.98. The summed E-state index contributed by atoms with van der Waals surface area (Å²) in [5.74, 6) is 1.15. The molecule has 0 saturated carbocycles. The molecule has 1 aliphatic heterocycles. The predicted octanol–water partition coefficient (Wildman–Crippen LogP) is 5.44. The van der Waals surface area contributed by atoms with E-state index in [4.69, 9.17) is 4.74 Å². The molecule has 0 aliphatic carbocycles. The fourth-order valence-corrected chi connectivity index (χ4v) is 5.00. The van der Waals surface area contributed by atoms with Crippen molar-refractivity contribution >= 4 is 29.6 Å². The van der Waals surface area contributed by atoms with Gasteiger partial charge in [0.1, 0.15) is 23.2 Å².